The highest BCUT2D eigenvalue weighted by Crippen LogP contribution is 2.45. The highest BCUT2D eigenvalue weighted by Gasteiger charge is 2.42. The molecule has 6 nitrogen and oxygen atoms in total. The second kappa shape index (κ2) is 6.49. The van der Waals surface area contributed by atoms with E-state index >= 15 is 0 Å². The van der Waals surface area contributed by atoms with Gasteiger partial charge in [0, 0.05) is 22.6 Å². The number of aromatic nitrogens is 2. The summed E-state index contributed by atoms with van der Waals surface area (Å²) < 4.78 is 11.2. The van der Waals surface area contributed by atoms with Crippen molar-refractivity contribution in [2.75, 3.05) is 0 Å². The number of nitrogens with one attached hydrogen (secondary N) is 2. The number of benzene rings is 1. The van der Waals surface area contributed by atoms with Crippen molar-refractivity contribution in [3.05, 3.63) is 41.1 Å². The molecule has 0 amide bonds. The van der Waals surface area contributed by atoms with Gasteiger partial charge in [-0.2, -0.15) is 5.26 Å². The van der Waals surface area contributed by atoms with E-state index in [1.807, 2.05) is 38.1 Å². The molecule has 2 N–H and O–H groups in total. The Morgan fingerprint density at radius 3 is 2.46 bits per heavy atom. The third-order valence-corrected chi connectivity index (χ3v) is 4.40. The standard InChI is InChI=1S/C20H24N4O2/c1-11(2)25-13-8-6-12(7-9-13)15-14(10-21)18(22)26-19-16(15)17(23-24-19)20(3,4)5/h6-9,11,14-15,22H,1-5H3,(H,23,24). The average Bonchev–Trinajstić information content (AvgIpc) is 2.97. The molecule has 3 rings (SSSR count). The summed E-state index contributed by atoms with van der Waals surface area (Å²) in [5.74, 6) is 0.0941. The molecule has 1 aromatic carbocycles. The molecule has 0 saturated carbocycles. The van der Waals surface area contributed by atoms with Crippen LogP contribution >= 0.6 is 0 Å². The minimum atomic E-state index is -0.696. The summed E-state index contributed by atoms with van der Waals surface area (Å²) in [6.07, 6.45) is 0.0944. The lowest BCUT2D eigenvalue weighted by Gasteiger charge is -2.30. The zero-order valence-corrected chi connectivity index (χ0v) is 15.8. The molecule has 2 heterocycles. The van der Waals surface area contributed by atoms with Gasteiger partial charge in [0.1, 0.15) is 11.7 Å². The van der Waals surface area contributed by atoms with E-state index < -0.39 is 5.92 Å². The maximum Gasteiger partial charge on any atom is 0.243 e. The summed E-state index contributed by atoms with van der Waals surface area (Å²) in [5, 5.41) is 25.1. The Bertz CT molecular complexity index is 853. The SMILES string of the molecule is CC(C)Oc1ccc(C2c3c(n[nH]c3C(C)(C)C)OC(=N)C2C#N)cc1. The van der Waals surface area contributed by atoms with E-state index in [1.54, 1.807) is 0 Å². The molecule has 1 aliphatic rings. The highest BCUT2D eigenvalue weighted by atomic mass is 16.5. The molecular weight excluding hydrogens is 328 g/mol. The number of hydrogen-bond acceptors (Lipinski definition) is 5. The zero-order valence-electron chi connectivity index (χ0n) is 15.8. The van der Waals surface area contributed by atoms with Crippen molar-refractivity contribution < 1.29 is 9.47 Å². The van der Waals surface area contributed by atoms with Crippen molar-refractivity contribution >= 4 is 5.90 Å². The van der Waals surface area contributed by atoms with Crippen LogP contribution in [0.2, 0.25) is 0 Å². The molecule has 0 radical (unpaired) electrons. The molecule has 2 aromatic rings. The number of aromatic amines is 1. The number of nitrogens with zero attached hydrogens (tertiary/aromatic N) is 2. The summed E-state index contributed by atoms with van der Waals surface area (Å²) in [7, 11) is 0. The molecule has 0 saturated heterocycles. The van der Waals surface area contributed by atoms with Crippen molar-refractivity contribution in [1.29, 1.82) is 10.7 Å². The van der Waals surface area contributed by atoms with Crippen LogP contribution in [0.25, 0.3) is 0 Å². The lowest BCUT2D eigenvalue weighted by molar-refractivity contribution is 0.242. The molecule has 2 unspecified atom stereocenters. The van der Waals surface area contributed by atoms with Gasteiger partial charge in [-0.3, -0.25) is 10.5 Å². The van der Waals surface area contributed by atoms with E-state index in [2.05, 4.69) is 37.0 Å². The third kappa shape index (κ3) is 3.17. The van der Waals surface area contributed by atoms with E-state index in [0.717, 1.165) is 22.6 Å². The Morgan fingerprint density at radius 1 is 1.27 bits per heavy atom. The molecule has 26 heavy (non-hydrogen) atoms. The maximum absolute atomic E-state index is 9.70. The van der Waals surface area contributed by atoms with Crippen LogP contribution in [0.4, 0.5) is 0 Å². The predicted octanol–water partition coefficient (Wildman–Crippen LogP) is 4.14. The minimum absolute atomic E-state index is 0.0699. The number of nitriles is 1. The van der Waals surface area contributed by atoms with Crippen molar-refractivity contribution in [1.82, 2.24) is 10.2 Å². The quantitative estimate of drug-likeness (QED) is 0.868. The fourth-order valence-corrected chi connectivity index (χ4v) is 3.28. The Labute approximate surface area is 153 Å². The van der Waals surface area contributed by atoms with Gasteiger partial charge in [-0.05, 0) is 31.5 Å². The predicted molar refractivity (Wildman–Crippen MR) is 98.8 cm³/mol. The van der Waals surface area contributed by atoms with E-state index in [-0.39, 0.29) is 23.3 Å². The topological polar surface area (TPSA) is 94.8 Å². The van der Waals surface area contributed by atoms with Gasteiger partial charge in [0.05, 0.1) is 12.2 Å². The van der Waals surface area contributed by atoms with Crippen LogP contribution in [0.5, 0.6) is 11.6 Å². The lowest BCUT2D eigenvalue weighted by Crippen LogP contribution is -2.32. The Hall–Kier alpha value is -2.81. The van der Waals surface area contributed by atoms with Gasteiger partial charge in [-0.15, -0.1) is 5.10 Å². The molecule has 1 aliphatic heterocycles. The van der Waals surface area contributed by atoms with Crippen LogP contribution in [0, 0.1) is 22.7 Å². The van der Waals surface area contributed by atoms with E-state index in [1.165, 1.54) is 0 Å². The van der Waals surface area contributed by atoms with Crippen molar-refractivity contribution in [3.8, 4) is 17.7 Å². The normalized spacial score (nSPS) is 19.7. The van der Waals surface area contributed by atoms with Crippen molar-refractivity contribution in [2.24, 2.45) is 5.92 Å². The van der Waals surface area contributed by atoms with Gasteiger partial charge in [0.25, 0.3) is 0 Å². The Balaban J connectivity index is 2.11. The first-order valence-electron chi connectivity index (χ1n) is 8.73. The molecule has 2 atom stereocenters. The molecule has 0 fully saturated rings. The van der Waals surface area contributed by atoms with E-state index in [9.17, 15) is 5.26 Å². The van der Waals surface area contributed by atoms with E-state index in [4.69, 9.17) is 14.9 Å². The van der Waals surface area contributed by atoms with Gasteiger partial charge < -0.3 is 9.47 Å². The molecule has 0 spiro atoms. The first kappa shape index (κ1) is 18.0. The summed E-state index contributed by atoms with van der Waals surface area (Å²) in [6.45, 7) is 10.2. The second-order valence-corrected chi connectivity index (χ2v) is 7.85. The van der Waals surface area contributed by atoms with Crippen LogP contribution in [-0.4, -0.2) is 22.2 Å². The van der Waals surface area contributed by atoms with Crippen molar-refractivity contribution in [3.63, 3.8) is 0 Å². The monoisotopic (exact) mass is 352 g/mol. The van der Waals surface area contributed by atoms with Crippen LogP contribution in [-0.2, 0) is 5.41 Å². The average molecular weight is 352 g/mol. The number of rotatable bonds is 3. The van der Waals surface area contributed by atoms with Crippen LogP contribution in [0.3, 0.4) is 0 Å². The summed E-state index contributed by atoms with van der Waals surface area (Å²) >= 11 is 0. The second-order valence-electron chi connectivity index (χ2n) is 7.85. The van der Waals surface area contributed by atoms with Crippen LogP contribution < -0.4 is 9.47 Å². The largest absolute Gasteiger partial charge is 0.491 e. The van der Waals surface area contributed by atoms with Gasteiger partial charge in [0.15, 0.2) is 0 Å². The molecule has 0 bridgehead atoms. The van der Waals surface area contributed by atoms with Crippen LogP contribution in [0.1, 0.15) is 57.4 Å². The Morgan fingerprint density at radius 2 is 1.92 bits per heavy atom. The minimum Gasteiger partial charge on any atom is -0.491 e. The van der Waals surface area contributed by atoms with Crippen molar-refractivity contribution in [2.45, 2.75) is 52.1 Å². The summed E-state index contributed by atoms with van der Waals surface area (Å²) in [6, 6.07) is 9.95. The molecule has 136 valence electrons. The van der Waals surface area contributed by atoms with Gasteiger partial charge in [-0.25, -0.2) is 0 Å². The third-order valence-electron chi connectivity index (χ3n) is 4.40. The number of hydrogen-bond donors (Lipinski definition) is 2. The zero-order chi connectivity index (χ0) is 19.1. The number of fused-ring (bicyclic) bond motifs is 1. The van der Waals surface area contributed by atoms with E-state index in [0.29, 0.717) is 5.88 Å². The smallest absolute Gasteiger partial charge is 0.243 e. The fraction of sp³-hybridized carbons (Fsp3) is 0.450. The number of H-pyrrole nitrogens is 1. The van der Waals surface area contributed by atoms with Gasteiger partial charge in [-0.1, -0.05) is 32.9 Å². The highest BCUT2D eigenvalue weighted by molar-refractivity contribution is 5.84. The van der Waals surface area contributed by atoms with Gasteiger partial charge in [0.2, 0.25) is 11.8 Å². The first-order chi connectivity index (χ1) is 12.2. The fourth-order valence-electron chi connectivity index (χ4n) is 3.28. The first-order valence-corrected chi connectivity index (χ1v) is 8.73. The molecule has 1 aromatic heterocycles. The molecule has 6 heteroatoms. The maximum atomic E-state index is 9.70. The summed E-state index contributed by atoms with van der Waals surface area (Å²) in [5.41, 5.74) is 2.53. The molecular formula is C20H24N4O2. The number of ether oxygens (including phenoxy) is 2. The Kier molecular flexibility index (Phi) is 4.49. The summed E-state index contributed by atoms with van der Waals surface area (Å²) in [4.78, 5) is 0. The van der Waals surface area contributed by atoms with Gasteiger partial charge >= 0.3 is 0 Å². The lowest BCUT2D eigenvalue weighted by atomic mass is 9.76. The molecule has 0 aliphatic carbocycles. The van der Waals surface area contributed by atoms with Crippen LogP contribution in [0.15, 0.2) is 24.3 Å².